The molecule has 1 nitrogen and oxygen atoms in total. The summed E-state index contributed by atoms with van der Waals surface area (Å²) in [6.07, 6.45) is 4.03. The Morgan fingerprint density at radius 3 is 2.17 bits per heavy atom. The molecule has 0 spiro atoms. The SMILES string of the molecule is CCCCC(COC)[Si](C)(C)C. The Labute approximate surface area is 78.5 Å². The van der Waals surface area contributed by atoms with Crippen molar-refractivity contribution >= 4 is 8.07 Å². The van der Waals surface area contributed by atoms with Crippen LogP contribution in [0.5, 0.6) is 0 Å². The van der Waals surface area contributed by atoms with Gasteiger partial charge in [-0.1, -0.05) is 45.8 Å². The van der Waals surface area contributed by atoms with Gasteiger partial charge >= 0.3 is 0 Å². The Morgan fingerprint density at radius 2 is 1.83 bits per heavy atom. The van der Waals surface area contributed by atoms with Crippen LogP contribution in [0.1, 0.15) is 26.2 Å². The summed E-state index contributed by atoms with van der Waals surface area (Å²) in [7, 11) is 0.849. The third kappa shape index (κ3) is 4.94. The smallest absolute Gasteiger partial charge is 0.0500 e. The van der Waals surface area contributed by atoms with Gasteiger partial charge in [0, 0.05) is 21.8 Å². The molecule has 0 bridgehead atoms. The number of hydrogen-bond donors (Lipinski definition) is 0. The van der Waals surface area contributed by atoms with Crippen molar-refractivity contribution in [2.45, 2.75) is 51.4 Å². The van der Waals surface area contributed by atoms with Gasteiger partial charge in [-0.05, 0) is 5.54 Å². The van der Waals surface area contributed by atoms with E-state index in [-0.39, 0.29) is 0 Å². The van der Waals surface area contributed by atoms with Crippen molar-refractivity contribution in [2.75, 3.05) is 13.7 Å². The quantitative estimate of drug-likeness (QED) is 0.579. The number of ether oxygens (including phenoxy) is 1. The molecule has 1 atom stereocenters. The average molecular weight is 188 g/mol. The maximum atomic E-state index is 5.26. The van der Waals surface area contributed by atoms with Gasteiger partial charge in [0.1, 0.15) is 0 Å². The first kappa shape index (κ1) is 12.2. The summed E-state index contributed by atoms with van der Waals surface area (Å²) < 4.78 is 5.26. The number of unbranched alkanes of at least 4 members (excludes halogenated alkanes) is 1. The van der Waals surface area contributed by atoms with Crippen molar-refractivity contribution in [3.8, 4) is 0 Å². The van der Waals surface area contributed by atoms with Crippen LogP contribution in [-0.4, -0.2) is 21.8 Å². The van der Waals surface area contributed by atoms with Crippen LogP contribution < -0.4 is 0 Å². The molecule has 0 radical (unpaired) electrons. The topological polar surface area (TPSA) is 9.23 Å². The van der Waals surface area contributed by atoms with Gasteiger partial charge in [0.15, 0.2) is 0 Å². The molecule has 12 heavy (non-hydrogen) atoms. The van der Waals surface area contributed by atoms with E-state index >= 15 is 0 Å². The lowest BCUT2D eigenvalue weighted by atomic mass is 10.2. The average Bonchev–Trinajstić information content (AvgIpc) is 1.95. The van der Waals surface area contributed by atoms with Crippen LogP contribution in [0.25, 0.3) is 0 Å². The van der Waals surface area contributed by atoms with E-state index in [0.29, 0.717) is 0 Å². The van der Waals surface area contributed by atoms with Crippen molar-refractivity contribution in [1.29, 1.82) is 0 Å². The molecular weight excluding hydrogens is 164 g/mol. The monoisotopic (exact) mass is 188 g/mol. The fourth-order valence-electron chi connectivity index (χ4n) is 1.42. The molecule has 0 heterocycles. The minimum Gasteiger partial charge on any atom is -0.385 e. The van der Waals surface area contributed by atoms with Gasteiger partial charge in [0.25, 0.3) is 0 Å². The van der Waals surface area contributed by atoms with Gasteiger partial charge < -0.3 is 4.74 Å². The van der Waals surface area contributed by atoms with Crippen molar-refractivity contribution < 1.29 is 4.74 Å². The van der Waals surface area contributed by atoms with Crippen LogP contribution in [0.2, 0.25) is 25.2 Å². The molecule has 0 rings (SSSR count). The van der Waals surface area contributed by atoms with Crippen LogP contribution in [-0.2, 0) is 4.74 Å². The van der Waals surface area contributed by atoms with E-state index in [0.717, 1.165) is 12.1 Å². The third-order valence-electron chi connectivity index (χ3n) is 2.50. The van der Waals surface area contributed by atoms with Gasteiger partial charge in [-0.15, -0.1) is 0 Å². The van der Waals surface area contributed by atoms with E-state index in [1.165, 1.54) is 19.3 Å². The van der Waals surface area contributed by atoms with Gasteiger partial charge in [-0.2, -0.15) is 0 Å². The second kappa shape index (κ2) is 5.76. The lowest BCUT2D eigenvalue weighted by molar-refractivity contribution is 0.190. The molecule has 0 aliphatic rings. The molecule has 0 aromatic carbocycles. The highest BCUT2D eigenvalue weighted by atomic mass is 28.3. The molecular formula is C10H24OSi. The lowest BCUT2D eigenvalue weighted by Crippen LogP contribution is -2.31. The van der Waals surface area contributed by atoms with Crippen LogP contribution >= 0.6 is 0 Å². The largest absolute Gasteiger partial charge is 0.385 e. The summed E-state index contributed by atoms with van der Waals surface area (Å²) in [4.78, 5) is 0. The number of rotatable bonds is 6. The molecule has 0 N–H and O–H groups in total. The molecule has 0 saturated heterocycles. The lowest BCUT2D eigenvalue weighted by Gasteiger charge is -2.28. The third-order valence-corrected chi connectivity index (χ3v) is 5.40. The van der Waals surface area contributed by atoms with Gasteiger partial charge in [0.2, 0.25) is 0 Å². The summed E-state index contributed by atoms with van der Waals surface area (Å²) in [5, 5.41) is 0. The molecule has 74 valence electrons. The molecule has 1 unspecified atom stereocenters. The Bertz CT molecular complexity index is 107. The summed E-state index contributed by atoms with van der Waals surface area (Å²) in [5.41, 5.74) is 0.849. The standard InChI is InChI=1S/C10H24OSi/c1-6-7-8-10(9-11-2)12(3,4)5/h10H,6-9H2,1-5H3. The van der Waals surface area contributed by atoms with E-state index in [1.54, 1.807) is 0 Å². The molecule has 2 heteroatoms. The summed E-state index contributed by atoms with van der Waals surface area (Å²) in [6.45, 7) is 10.5. The molecule has 0 aromatic rings. The minimum atomic E-state index is -0.970. The Kier molecular flexibility index (Phi) is 5.84. The highest BCUT2D eigenvalue weighted by Crippen LogP contribution is 2.27. The minimum absolute atomic E-state index is 0.849. The van der Waals surface area contributed by atoms with Crippen LogP contribution in [0.4, 0.5) is 0 Å². The molecule has 0 aromatic heterocycles. The van der Waals surface area contributed by atoms with Crippen LogP contribution in [0.3, 0.4) is 0 Å². The normalized spacial score (nSPS) is 14.8. The maximum Gasteiger partial charge on any atom is 0.0500 e. The molecule has 0 amide bonds. The van der Waals surface area contributed by atoms with E-state index < -0.39 is 8.07 Å². The van der Waals surface area contributed by atoms with Crippen molar-refractivity contribution in [2.24, 2.45) is 0 Å². The maximum absolute atomic E-state index is 5.26. The van der Waals surface area contributed by atoms with E-state index in [1.807, 2.05) is 7.11 Å². The number of methoxy groups -OCH3 is 1. The van der Waals surface area contributed by atoms with E-state index in [4.69, 9.17) is 4.74 Å². The second-order valence-corrected chi connectivity index (χ2v) is 10.2. The van der Waals surface area contributed by atoms with Crippen molar-refractivity contribution in [3.05, 3.63) is 0 Å². The molecule has 0 aliphatic carbocycles. The van der Waals surface area contributed by atoms with E-state index in [2.05, 4.69) is 26.6 Å². The Balaban J connectivity index is 3.86. The predicted molar refractivity (Wildman–Crippen MR) is 58.5 cm³/mol. The highest BCUT2D eigenvalue weighted by molar-refractivity contribution is 6.77. The zero-order chi connectivity index (χ0) is 9.61. The first-order valence-electron chi connectivity index (χ1n) is 5.01. The fourth-order valence-corrected chi connectivity index (χ4v) is 3.15. The van der Waals surface area contributed by atoms with Gasteiger partial charge in [-0.3, -0.25) is 0 Å². The Morgan fingerprint density at radius 1 is 1.25 bits per heavy atom. The predicted octanol–water partition coefficient (Wildman–Crippen LogP) is 3.53. The molecule has 0 saturated carbocycles. The zero-order valence-corrected chi connectivity index (χ0v) is 10.3. The summed E-state index contributed by atoms with van der Waals surface area (Å²) >= 11 is 0. The van der Waals surface area contributed by atoms with Gasteiger partial charge in [0.05, 0.1) is 0 Å². The van der Waals surface area contributed by atoms with E-state index in [9.17, 15) is 0 Å². The zero-order valence-electron chi connectivity index (χ0n) is 9.31. The van der Waals surface area contributed by atoms with Crippen molar-refractivity contribution in [1.82, 2.24) is 0 Å². The van der Waals surface area contributed by atoms with Crippen LogP contribution in [0, 0.1) is 0 Å². The number of hydrogen-bond acceptors (Lipinski definition) is 1. The second-order valence-electron chi connectivity index (χ2n) is 4.66. The van der Waals surface area contributed by atoms with Crippen molar-refractivity contribution in [3.63, 3.8) is 0 Å². The van der Waals surface area contributed by atoms with Crippen LogP contribution in [0.15, 0.2) is 0 Å². The summed E-state index contributed by atoms with van der Waals surface area (Å²) in [5.74, 6) is 0. The first-order chi connectivity index (χ1) is 5.52. The first-order valence-corrected chi connectivity index (χ1v) is 8.59. The molecule has 0 aliphatic heterocycles. The summed E-state index contributed by atoms with van der Waals surface area (Å²) in [6, 6.07) is 0. The highest BCUT2D eigenvalue weighted by Gasteiger charge is 2.25. The fraction of sp³-hybridized carbons (Fsp3) is 1.00. The van der Waals surface area contributed by atoms with Gasteiger partial charge in [-0.25, -0.2) is 0 Å². The Hall–Kier alpha value is 0.177. The molecule has 0 fully saturated rings.